The van der Waals surface area contributed by atoms with Gasteiger partial charge in [0.1, 0.15) is 6.04 Å². The molecule has 0 spiro atoms. The second-order valence-corrected chi connectivity index (χ2v) is 7.47. The Kier molecular flexibility index (Phi) is 5.93. The van der Waals surface area contributed by atoms with Crippen molar-refractivity contribution in [2.24, 2.45) is 5.92 Å². The molecule has 2 aromatic rings. The molecule has 7 heteroatoms. The fourth-order valence-electron chi connectivity index (χ4n) is 2.27. The smallest absolute Gasteiger partial charge is 0.261 e. The van der Waals surface area contributed by atoms with Gasteiger partial charge >= 0.3 is 0 Å². The normalized spacial score (nSPS) is 13.2. The van der Waals surface area contributed by atoms with Crippen LogP contribution in [0.4, 0.5) is 0 Å². The molecular formula is C17H22N2O4S. The summed E-state index contributed by atoms with van der Waals surface area (Å²) in [6.45, 7) is 5.55. The largest absolute Gasteiger partial charge is 0.274 e. The molecule has 130 valence electrons. The van der Waals surface area contributed by atoms with Crippen molar-refractivity contribution in [1.29, 1.82) is 0 Å². The molecule has 1 atom stereocenters. The summed E-state index contributed by atoms with van der Waals surface area (Å²) in [7, 11) is -3.83. The summed E-state index contributed by atoms with van der Waals surface area (Å²) in [5, 5.41) is 1.77. The number of carbonyl (C=O) groups is 1. The number of nitrogens with one attached hydrogen (secondary N) is 2. The van der Waals surface area contributed by atoms with E-state index >= 15 is 0 Å². The minimum atomic E-state index is -3.83. The summed E-state index contributed by atoms with van der Waals surface area (Å²) in [6, 6.07) is 11.4. The van der Waals surface area contributed by atoms with Crippen molar-refractivity contribution in [3.05, 3.63) is 42.5 Å². The maximum atomic E-state index is 12.6. The van der Waals surface area contributed by atoms with Crippen LogP contribution in [0, 0.1) is 5.92 Å². The number of amides is 1. The topological polar surface area (TPSA) is 84.5 Å². The van der Waals surface area contributed by atoms with Gasteiger partial charge in [0.15, 0.2) is 0 Å². The molecule has 1 amide bonds. The predicted molar refractivity (Wildman–Crippen MR) is 92.7 cm³/mol. The average molecular weight is 350 g/mol. The van der Waals surface area contributed by atoms with Crippen LogP contribution in [0.3, 0.4) is 0 Å². The number of sulfonamides is 1. The third kappa shape index (κ3) is 4.31. The standard InChI is InChI=1S/C17H22N2O4S/c1-4-23-18-17(20)16(12(2)3)19-24(21,22)15-10-9-13-7-5-6-8-14(13)11-15/h5-12,16,19H,4H2,1-3H3,(H,18,20)/t16-/m1/s1. The first-order valence-corrected chi connectivity index (χ1v) is 9.26. The van der Waals surface area contributed by atoms with E-state index < -0.39 is 22.0 Å². The molecule has 0 bridgehead atoms. The van der Waals surface area contributed by atoms with E-state index in [1.807, 2.05) is 24.3 Å². The molecule has 2 N–H and O–H groups in total. The van der Waals surface area contributed by atoms with Crippen LogP contribution in [0.1, 0.15) is 20.8 Å². The zero-order chi connectivity index (χ0) is 17.7. The van der Waals surface area contributed by atoms with E-state index in [0.717, 1.165) is 10.8 Å². The first-order valence-electron chi connectivity index (χ1n) is 7.78. The molecule has 0 saturated heterocycles. The Labute approximate surface area is 142 Å². The second-order valence-electron chi connectivity index (χ2n) is 5.75. The Bertz CT molecular complexity index is 818. The number of hydrogen-bond acceptors (Lipinski definition) is 4. The molecule has 2 rings (SSSR count). The molecule has 6 nitrogen and oxygen atoms in total. The van der Waals surface area contributed by atoms with Gasteiger partial charge in [0, 0.05) is 0 Å². The maximum absolute atomic E-state index is 12.6. The third-order valence-electron chi connectivity index (χ3n) is 3.58. The van der Waals surface area contributed by atoms with E-state index in [0.29, 0.717) is 6.61 Å². The molecule has 0 heterocycles. The molecule has 0 saturated carbocycles. The van der Waals surface area contributed by atoms with E-state index in [9.17, 15) is 13.2 Å². The van der Waals surface area contributed by atoms with Crippen molar-refractivity contribution in [1.82, 2.24) is 10.2 Å². The van der Waals surface area contributed by atoms with Gasteiger partial charge in [0.2, 0.25) is 10.0 Å². The van der Waals surface area contributed by atoms with Gasteiger partial charge in [-0.3, -0.25) is 9.63 Å². The third-order valence-corrected chi connectivity index (χ3v) is 5.02. The fraction of sp³-hybridized carbons (Fsp3) is 0.353. The summed E-state index contributed by atoms with van der Waals surface area (Å²) >= 11 is 0. The van der Waals surface area contributed by atoms with Gasteiger partial charge in [-0.15, -0.1) is 0 Å². The quantitative estimate of drug-likeness (QED) is 0.750. The first kappa shape index (κ1) is 18.4. The number of hydrogen-bond donors (Lipinski definition) is 2. The van der Waals surface area contributed by atoms with Crippen LogP contribution >= 0.6 is 0 Å². The van der Waals surface area contributed by atoms with Crippen LogP contribution in [0.2, 0.25) is 0 Å². The minimum Gasteiger partial charge on any atom is -0.274 e. The highest BCUT2D eigenvalue weighted by molar-refractivity contribution is 7.89. The molecule has 0 aliphatic heterocycles. The number of rotatable bonds is 7. The highest BCUT2D eigenvalue weighted by Crippen LogP contribution is 2.19. The predicted octanol–water partition coefficient (Wildman–Crippen LogP) is 2.21. The van der Waals surface area contributed by atoms with Gasteiger partial charge in [0.25, 0.3) is 5.91 Å². The minimum absolute atomic E-state index is 0.121. The summed E-state index contributed by atoms with van der Waals surface area (Å²) in [5.41, 5.74) is 2.25. The van der Waals surface area contributed by atoms with Gasteiger partial charge < -0.3 is 0 Å². The molecule has 24 heavy (non-hydrogen) atoms. The molecule has 0 unspecified atom stereocenters. The van der Waals surface area contributed by atoms with Crippen molar-refractivity contribution < 1.29 is 18.0 Å². The molecule has 2 aromatic carbocycles. The van der Waals surface area contributed by atoms with Crippen molar-refractivity contribution >= 4 is 26.7 Å². The van der Waals surface area contributed by atoms with Crippen molar-refractivity contribution in [2.45, 2.75) is 31.7 Å². The fourth-order valence-corrected chi connectivity index (χ4v) is 3.65. The lowest BCUT2D eigenvalue weighted by molar-refractivity contribution is -0.135. The van der Waals surface area contributed by atoms with Crippen LogP contribution in [-0.2, 0) is 19.7 Å². The Morgan fingerprint density at radius 2 is 1.79 bits per heavy atom. The van der Waals surface area contributed by atoms with Crippen molar-refractivity contribution in [3.8, 4) is 0 Å². The van der Waals surface area contributed by atoms with Gasteiger partial charge in [-0.2, -0.15) is 4.72 Å². The lowest BCUT2D eigenvalue weighted by atomic mass is 10.1. The molecule has 0 radical (unpaired) electrons. The highest BCUT2D eigenvalue weighted by Gasteiger charge is 2.28. The van der Waals surface area contributed by atoms with E-state index in [4.69, 9.17) is 4.84 Å². The first-order chi connectivity index (χ1) is 11.3. The monoisotopic (exact) mass is 350 g/mol. The Morgan fingerprint density at radius 3 is 2.42 bits per heavy atom. The molecule has 0 aliphatic carbocycles. The van der Waals surface area contributed by atoms with E-state index in [1.165, 1.54) is 6.07 Å². The summed E-state index contributed by atoms with van der Waals surface area (Å²) in [5.74, 6) is -0.753. The van der Waals surface area contributed by atoms with Gasteiger partial charge in [-0.05, 0) is 35.7 Å². The number of fused-ring (bicyclic) bond motifs is 1. The highest BCUT2D eigenvalue weighted by atomic mass is 32.2. The zero-order valence-corrected chi connectivity index (χ0v) is 14.8. The van der Waals surface area contributed by atoms with Crippen LogP contribution in [0.15, 0.2) is 47.4 Å². The summed E-state index contributed by atoms with van der Waals surface area (Å²) < 4.78 is 27.7. The van der Waals surface area contributed by atoms with Gasteiger partial charge in [0.05, 0.1) is 11.5 Å². The van der Waals surface area contributed by atoms with Gasteiger partial charge in [-0.1, -0.05) is 44.2 Å². The van der Waals surface area contributed by atoms with Crippen molar-refractivity contribution in [2.75, 3.05) is 6.61 Å². The zero-order valence-electron chi connectivity index (χ0n) is 13.9. The van der Waals surface area contributed by atoms with Crippen LogP contribution in [0.25, 0.3) is 10.8 Å². The second kappa shape index (κ2) is 7.74. The lowest BCUT2D eigenvalue weighted by Crippen LogP contribution is -2.49. The summed E-state index contributed by atoms with van der Waals surface area (Å²) in [4.78, 5) is 17.1. The molecule has 0 fully saturated rings. The molecule has 0 aliphatic rings. The van der Waals surface area contributed by atoms with Crippen LogP contribution in [0.5, 0.6) is 0 Å². The SMILES string of the molecule is CCONC(=O)[C@H](NS(=O)(=O)c1ccc2ccccc2c1)C(C)C. The average Bonchev–Trinajstić information content (AvgIpc) is 2.56. The Hall–Kier alpha value is -1.96. The number of hydroxylamine groups is 1. The number of carbonyl (C=O) groups excluding carboxylic acids is 1. The summed E-state index contributed by atoms with van der Waals surface area (Å²) in [6.07, 6.45) is 0. The van der Waals surface area contributed by atoms with E-state index in [-0.39, 0.29) is 10.8 Å². The van der Waals surface area contributed by atoms with E-state index in [1.54, 1.807) is 32.9 Å². The molecular weight excluding hydrogens is 328 g/mol. The van der Waals surface area contributed by atoms with Gasteiger partial charge in [-0.25, -0.2) is 13.9 Å². The maximum Gasteiger partial charge on any atom is 0.261 e. The van der Waals surface area contributed by atoms with Crippen molar-refractivity contribution in [3.63, 3.8) is 0 Å². The number of benzene rings is 2. The molecule has 0 aromatic heterocycles. The van der Waals surface area contributed by atoms with Crippen LogP contribution < -0.4 is 10.2 Å². The lowest BCUT2D eigenvalue weighted by Gasteiger charge is -2.21. The van der Waals surface area contributed by atoms with E-state index in [2.05, 4.69) is 10.2 Å². The van der Waals surface area contributed by atoms with Crippen LogP contribution in [-0.4, -0.2) is 27.0 Å². The Balaban J connectivity index is 2.28. The Morgan fingerprint density at radius 1 is 1.12 bits per heavy atom.